The quantitative estimate of drug-likeness (QED) is 0.249. The van der Waals surface area contributed by atoms with Crippen molar-refractivity contribution in [3.8, 4) is 5.75 Å². The van der Waals surface area contributed by atoms with Crippen LogP contribution < -0.4 is 10.4 Å². The van der Waals surface area contributed by atoms with Gasteiger partial charge in [0.05, 0.1) is 11.6 Å². The Kier molecular flexibility index (Phi) is 7.30. The van der Waals surface area contributed by atoms with Crippen LogP contribution in [0.5, 0.6) is 5.75 Å². The third-order valence-corrected chi connectivity index (χ3v) is 4.90. The lowest BCUT2D eigenvalue weighted by Gasteiger charge is -2.06. The number of thioether (sulfide) groups is 1. The van der Waals surface area contributed by atoms with E-state index in [1.54, 1.807) is 11.8 Å². The zero-order valence-electron chi connectivity index (χ0n) is 15.0. The van der Waals surface area contributed by atoms with E-state index in [0.29, 0.717) is 6.61 Å². The maximum Gasteiger partial charge on any atom is 0.345 e. The number of hydrogen-bond acceptors (Lipinski definition) is 4. The summed E-state index contributed by atoms with van der Waals surface area (Å²) < 4.78 is 5.79. The standard InChI is InChI=1S/C22H22N2O2S/c25-22-23-15-14-21(24-22)27-17-5-4-16-26-20-12-10-19(11-13-20)9-8-18-6-2-1-3-7-18/h1-3,6-15H,4-5,16-17H2,(H,23,24,25)/b9-8+. The summed E-state index contributed by atoms with van der Waals surface area (Å²) in [5.41, 5.74) is 2.03. The Balaban J connectivity index is 1.35. The van der Waals surface area contributed by atoms with E-state index in [-0.39, 0.29) is 5.69 Å². The lowest BCUT2D eigenvalue weighted by Crippen LogP contribution is -2.09. The molecule has 0 saturated carbocycles. The third kappa shape index (κ3) is 6.79. The molecule has 0 aliphatic rings. The number of aromatic amines is 1. The Labute approximate surface area is 163 Å². The molecule has 1 heterocycles. The second-order valence-electron chi connectivity index (χ2n) is 5.96. The number of aromatic nitrogens is 2. The van der Waals surface area contributed by atoms with Gasteiger partial charge in [0.15, 0.2) is 0 Å². The monoisotopic (exact) mass is 378 g/mol. The molecular weight excluding hydrogens is 356 g/mol. The first kappa shape index (κ1) is 19.0. The summed E-state index contributed by atoms with van der Waals surface area (Å²) in [7, 11) is 0. The fourth-order valence-corrected chi connectivity index (χ4v) is 3.33. The van der Waals surface area contributed by atoms with Crippen molar-refractivity contribution in [3.63, 3.8) is 0 Å². The van der Waals surface area contributed by atoms with Crippen molar-refractivity contribution in [2.45, 2.75) is 17.9 Å². The minimum Gasteiger partial charge on any atom is -0.494 e. The van der Waals surface area contributed by atoms with Gasteiger partial charge in [-0.05, 0) is 47.9 Å². The van der Waals surface area contributed by atoms with Gasteiger partial charge in [-0.2, -0.15) is 0 Å². The van der Waals surface area contributed by atoms with Gasteiger partial charge >= 0.3 is 5.69 Å². The largest absolute Gasteiger partial charge is 0.494 e. The van der Waals surface area contributed by atoms with Gasteiger partial charge in [-0.3, -0.25) is 0 Å². The van der Waals surface area contributed by atoms with Gasteiger partial charge in [-0.15, -0.1) is 11.8 Å². The summed E-state index contributed by atoms with van der Waals surface area (Å²) in [6.07, 6.45) is 7.72. The first-order valence-corrected chi connectivity index (χ1v) is 9.92. The molecule has 3 aromatic rings. The predicted molar refractivity (Wildman–Crippen MR) is 112 cm³/mol. The molecule has 0 radical (unpaired) electrons. The first-order valence-electron chi connectivity index (χ1n) is 8.94. The molecule has 5 heteroatoms. The lowest BCUT2D eigenvalue weighted by molar-refractivity contribution is 0.310. The fourth-order valence-electron chi connectivity index (χ4n) is 2.44. The van der Waals surface area contributed by atoms with Gasteiger partial charge in [-0.1, -0.05) is 54.6 Å². The SMILES string of the molecule is O=c1nccc(SCCCCOc2ccc(/C=C/c3ccccc3)cc2)[nH]1. The maximum atomic E-state index is 11.1. The molecule has 138 valence electrons. The molecular formula is C22H22N2O2S. The Hall–Kier alpha value is -2.79. The van der Waals surface area contributed by atoms with Gasteiger partial charge in [0, 0.05) is 6.20 Å². The van der Waals surface area contributed by atoms with Gasteiger partial charge in [0.1, 0.15) is 5.75 Å². The van der Waals surface area contributed by atoms with E-state index in [4.69, 9.17) is 4.74 Å². The van der Waals surface area contributed by atoms with Crippen LogP contribution in [0.3, 0.4) is 0 Å². The average Bonchev–Trinajstić information content (AvgIpc) is 2.71. The number of hydrogen-bond donors (Lipinski definition) is 1. The summed E-state index contributed by atoms with van der Waals surface area (Å²) in [5, 5.41) is 0.857. The number of rotatable bonds is 9. The van der Waals surface area contributed by atoms with Crippen molar-refractivity contribution < 1.29 is 4.74 Å². The second kappa shape index (κ2) is 10.4. The molecule has 1 aromatic heterocycles. The molecule has 1 N–H and O–H groups in total. The van der Waals surface area contributed by atoms with Crippen molar-refractivity contribution in [1.29, 1.82) is 0 Å². The summed E-state index contributed by atoms with van der Waals surface area (Å²) in [4.78, 5) is 17.4. The average molecular weight is 378 g/mol. The molecule has 0 aliphatic heterocycles. The molecule has 0 spiro atoms. The number of unbranched alkanes of at least 4 members (excludes halogenated alkanes) is 1. The molecule has 27 heavy (non-hydrogen) atoms. The van der Waals surface area contributed by atoms with Crippen LogP contribution in [0.2, 0.25) is 0 Å². The fraction of sp³-hybridized carbons (Fsp3) is 0.182. The van der Waals surface area contributed by atoms with Crippen LogP contribution in [0, 0.1) is 0 Å². The molecule has 0 fully saturated rings. The highest BCUT2D eigenvalue weighted by atomic mass is 32.2. The Morgan fingerprint density at radius 3 is 2.41 bits per heavy atom. The van der Waals surface area contributed by atoms with Crippen molar-refractivity contribution in [2.75, 3.05) is 12.4 Å². The Bertz CT molecular complexity index is 905. The highest BCUT2D eigenvalue weighted by Gasteiger charge is 1.97. The van der Waals surface area contributed by atoms with E-state index < -0.39 is 0 Å². The molecule has 4 nitrogen and oxygen atoms in total. The topological polar surface area (TPSA) is 55.0 Å². The number of nitrogens with zero attached hydrogens (tertiary/aromatic N) is 1. The molecule has 0 atom stereocenters. The van der Waals surface area contributed by atoms with Crippen molar-refractivity contribution in [1.82, 2.24) is 9.97 Å². The molecule has 0 saturated heterocycles. The van der Waals surface area contributed by atoms with Gasteiger partial charge in [0.2, 0.25) is 0 Å². The van der Waals surface area contributed by atoms with Crippen molar-refractivity contribution in [2.24, 2.45) is 0 Å². The maximum absolute atomic E-state index is 11.1. The normalized spacial score (nSPS) is 11.0. The lowest BCUT2D eigenvalue weighted by atomic mass is 10.1. The second-order valence-corrected chi connectivity index (χ2v) is 7.09. The van der Waals surface area contributed by atoms with E-state index in [1.807, 2.05) is 36.4 Å². The van der Waals surface area contributed by atoms with Crippen LogP contribution in [0.15, 0.2) is 76.7 Å². The molecule has 2 aromatic carbocycles. The van der Waals surface area contributed by atoms with Crippen LogP contribution in [-0.2, 0) is 0 Å². The van der Waals surface area contributed by atoms with Crippen molar-refractivity contribution >= 4 is 23.9 Å². The zero-order chi connectivity index (χ0) is 18.7. The number of H-pyrrole nitrogens is 1. The van der Waals surface area contributed by atoms with E-state index >= 15 is 0 Å². The minimum absolute atomic E-state index is 0.301. The van der Waals surface area contributed by atoms with E-state index in [9.17, 15) is 4.79 Å². The molecule has 0 bridgehead atoms. The van der Waals surface area contributed by atoms with Crippen LogP contribution in [0.25, 0.3) is 12.2 Å². The highest BCUT2D eigenvalue weighted by Crippen LogP contribution is 2.17. The Morgan fingerprint density at radius 1 is 0.926 bits per heavy atom. The van der Waals surface area contributed by atoms with Crippen LogP contribution in [0.4, 0.5) is 0 Å². The Morgan fingerprint density at radius 2 is 1.67 bits per heavy atom. The predicted octanol–water partition coefficient (Wildman–Crippen LogP) is 4.89. The number of ether oxygens (including phenoxy) is 1. The minimum atomic E-state index is -0.301. The molecule has 3 rings (SSSR count). The van der Waals surface area contributed by atoms with Crippen molar-refractivity contribution in [3.05, 3.63) is 88.5 Å². The van der Waals surface area contributed by atoms with Crippen LogP contribution in [0.1, 0.15) is 24.0 Å². The number of nitrogens with one attached hydrogen (secondary N) is 1. The summed E-state index contributed by atoms with van der Waals surface area (Å²) in [6, 6.07) is 20.2. The van der Waals surface area contributed by atoms with E-state index in [1.165, 1.54) is 11.8 Å². The first-order chi connectivity index (χ1) is 13.3. The van der Waals surface area contributed by atoms with Crippen LogP contribution >= 0.6 is 11.8 Å². The van der Waals surface area contributed by atoms with Gasteiger partial charge in [0.25, 0.3) is 0 Å². The zero-order valence-corrected chi connectivity index (χ0v) is 15.8. The van der Waals surface area contributed by atoms with Gasteiger partial charge < -0.3 is 9.72 Å². The summed E-state index contributed by atoms with van der Waals surface area (Å²) >= 11 is 1.63. The van der Waals surface area contributed by atoms with Gasteiger partial charge in [-0.25, -0.2) is 9.78 Å². The molecule has 0 amide bonds. The molecule has 0 unspecified atom stereocenters. The van der Waals surface area contributed by atoms with E-state index in [2.05, 4.69) is 46.4 Å². The summed E-state index contributed by atoms with van der Waals surface area (Å²) in [5.74, 6) is 1.82. The summed E-state index contributed by atoms with van der Waals surface area (Å²) in [6.45, 7) is 0.687. The third-order valence-electron chi connectivity index (χ3n) is 3.86. The van der Waals surface area contributed by atoms with E-state index in [0.717, 1.165) is 34.9 Å². The van der Waals surface area contributed by atoms with Crippen LogP contribution in [-0.4, -0.2) is 22.3 Å². The number of benzene rings is 2. The smallest absolute Gasteiger partial charge is 0.345 e. The molecule has 0 aliphatic carbocycles. The highest BCUT2D eigenvalue weighted by molar-refractivity contribution is 7.99.